The number of rotatable bonds is 0. The van der Waals surface area contributed by atoms with Gasteiger partial charge in [-0.1, -0.05) is 178 Å². The third-order valence-corrected chi connectivity index (χ3v) is 17.7. The Morgan fingerprint density at radius 1 is 0.175 bits per heavy atom. The summed E-state index contributed by atoms with van der Waals surface area (Å²) in [5, 5.41) is 4.64. The maximum absolute atomic E-state index is 12.9. The van der Waals surface area contributed by atoms with E-state index >= 15 is 0 Å². The van der Waals surface area contributed by atoms with E-state index in [1.54, 1.807) is 110 Å². The van der Waals surface area contributed by atoms with Gasteiger partial charge in [0.15, 0.2) is 11.6 Å². The standard InChI is InChI=1S/2C8H8Cl2.3C8H8ClF.C8H9Cl.2C8H8F2.2C8H9F/c1-5-3-7(9)6(2)8(10)4-5;1-5-3-4-6(2)8(10)7(5)9;1-5-3-7(9)6(2)8(10)4-5;2*1-5-3-4-6(2)8(10)7(5)9;1-6-3-4-7(2)8(9)5-6;1-5-3-7(9)6(2)8(10)4-5;1-5-3-4-6(2)8(10)7(5)9;2*1-6-3-4-7(2)8(9)5-6/h5*3-4H,1-2H3;3-5H,1-2H3;2*3-4H,1-2H3;2*3-5H,1-2H3. The van der Waals surface area contributed by atoms with Crippen molar-refractivity contribution < 1.29 is 39.5 Å². The first-order valence-electron chi connectivity index (χ1n) is 30.0. The van der Waals surface area contributed by atoms with Gasteiger partial charge in [-0.2, -0.15) is 0 Å². The Hall–Kier alpha value is -6.11. The average molecular weight is 1500 g/mol. The molecule has 0 heterocycles. The molecule has 0 fully saturated rings. The number of benzene rings is 10. The Labute approximate surface area is 609 Å². The molecule has 0 unspecified atom stereocenters. The van der Waals surface area contributed by atoms with E-state index < -0.39 is 23.3 Å². The maximum atomic E-state index is 12.9. The van der Waals surface area contributed by atoms with Gasteiger partial charge in [0.05, 0.1) is 20.1 Å². The quantitative estimate of drug-likeness (QED) is 0.133. The van der Waals surface area contributed by atoms with Gasteiger partial charge in [0, 0.05) is 31.2 Å². The summed E-state index contributed by atoms with van der Waals surface area (Å²) in [6, 6.07) is 40.3. The highest BCUT2D eigenvalue weighted by molar-refractivity contribution is 6.43. The number of hydrogen-bond acceptors (Lipinski definition) is 0. The van der Waals surface area contributed by atoms with E-state index in [1.165, 1.54) is 56.7 Å². The smallest absolute Gasteiger partial charge is 0.161 e. The molecular formula is C80H83Cl8F9. The van der Waals surface area contributed by atoms with E-state index in [0.717, 1.165) is 70.7 Å². The van der Waals surface area contributed by atoms with Crippen molar-refractivity contribution in [3.8, 4) is 0 Å². The lowest BCUT2D eigenvalue weighted by atomic mass is 10.1. The van der Waals surface area contributed by atoms with Gasteiger partial charge in [-0.25, -0.2) is 39.5 Å². The van der Waals surface area contributed by atoms with E-state index in [9.17, 15) is 39.5 Å². The van der Waals surface area contributed by atoms with Crippen LogP contribution in [0.3, 0.4) is 0 Å². The predicted molar refractivity (Wildman–Crippen MR) is 399 cm³/mol. The van der Waals surface area contributed by atoms with Crippen LogP contribution < -0.4 is 0 Å². The van der Waals surface area contributed by atoms with Crippen LogP contribution in [-0.4, -0.2) is 0 Å². The molecule has 17 heteroatoms. The number of aryl methyl sites for hydroxylation is 17. The predicted octanol–water partition coefficient (Wildman–Crippen LogP) is 29.5. The molecule has 10 aromatic carbocycles. The normalized spacial score (nSPS) is 9.91. The summed E-state index contributed by atoms with van der Waals surface area (Å²) in [7, 11) is 0. The van der Waals surface area contributed by atoms with E-state index in [4.69, 9.17) is 92.8 Å². The van der Waals surface area contributed by atoms with Crippen molar-refractivity contribution >= 4 is 92.8 Å². The third kappa shape index (κ3) is 31.3. The average Bonchev–Trinajstić information content (AvgIpc) is 0.930. The van der Waals surface area contributed by atoms with Crippen LogP contribution in [-0.2, 0) is 0 Å². The molecule has 0 bridgehead atoms. The summed E-state index contributed by atoms with van der Waals surface area (Å²) >= 11 is 46.1. The van der Waals surface area contributed by atoms with Crippen LogP contribution in [0.2, 0.25) is 40.2 Å². The molecule has 0 saturated carbocycles. The molecule has 0 amide bonds. The van der Waals surface area contributed by atoms with Crippen molar-refractivity contribution in [2.75, 3.05) is 0 Å². The van der Waals surface area contributed by atoms with Gasteiger partial charge in [-0.15, -0.1) is 0 Å². The van der Waals surface area contributed by atoms with E-state index in [-0.39, 0.29) is 44.7 Å². The minimum atomic E-state index is -0.736. The second kappa shape index (κ2) is 43.4. The summed E-state index contributed by atoms with van der Waals surface area (Å²) in [6.07, 6.45) is 0. The lowest BCUT2D eigenvalue weighted by Gasteiger charge is -2.01. The highest BCUT2D eigenvalue weighted by Gasteiger charge is 2.09. The molecular weight excluding hydrogens is 1420 g/mol. The summed E-state index contributed by atoms with van der Waals surface area (Å²) in [6.45, 7) is 35.7. The Balaban J connectivity index is 0.000000539. The van der Waals surface area contributed by atoms with Crippen LogP contribution in [0.4, 0.5) is 39.5 Å². The van der Waals surface area contributed by atoms with Crippen LogP contribution in [0.15, 0.2) is 140 Å². The molecule has 97 heavy (non-hydrogen) atoms. The molecule has 0 radical (unpaired) electrons. The molecule has 0 nitrogen and oxygen atoms in total. The van der Waals surface area contributed by atoms with Crippen molar-refractivity contribution in [2.24, 2.45) is 0 Å². The second-order valence-corrected chi connectivity index (χ2v) is 26.3. The minimum Gasteiger partial charge on any atom is -0.207 e. The van der Waals surface area contributed by atoms with Crippen LogP contribution in [0.25, 0.3) is 0 Å². The van der Waals surface area contributed by atoms with Gasteiger partial charge in [-0.3, -0.25) is 0 Å². The van der Waals surface area contributed by atoms with Crippen LogP contribution in [0.1, 0.15) is 111 Å². The van der Waals surface area contributed by atoms with E-state index in [0.29, 0.717) is 59.6 Å². The molecule has 0 aromatic heterocycles. The van der Waals surface area contributed by atoms with Crippen molar-refractivity contribution in [2.45, 2.75) is 138 Å². The lowest BCUT2D eigenvalue weighted by Crippen LogP contribution is -1.91. The van der Waals surface area contributed by atoms with E-state index in [2.05, 4.69) is 6.07 Å². The Kier molecular flexibility index (Phi) is 39.8. The first-order chi connectivity index (χ1) is 44.9. The SMILES string of the molecule is Cc1cc(Cl)c(C)c(Cl)c1.Cc1cc(F)c(C)c(Cl)c1.Cc1cc(F)c(C)c(F)c1.Cc1ccc(C)c(Cl)c1.Cc1ccc(C)c(Cl)c1Cl.Cc1ccc(C)c(Cl)c1F.Cc1ccc(C)c(Cl)c1F.Cc1ccc(C)c(F)c1.Cc1ccc(C)c(F)c1.Cc1ccc(C)c(F)c1F. The van der Waals surface area contributed by atoms with Crippen molar-refractivity contribution in [3.63, 3.8) is 0 Å². The van der Waals surface area contributed by atoms with Crippen molar-refractivity contribution in [1.29, 1.82) is 0 Å². The molecule has 0 aliphatic heterocycles. The lowest BCUT2D eigenvalue weighted by molar-refractivity contribution is 0.497. The van der Waals surface area contributed by atoms with Crippen LogP contribution in [0, 0.1) is 191 Å². The molecule has 522 valence electrons. The van der Waals surface area contributed by atoms with Gasteiger partial charge in [-0.05, 0) is 293 Å². The highest BCUT2D eigenvalue weighted by Crippen LogP contribution is 2.29. The van der Waals surface area contributed by atoms with Crippen molar-refractivity contribution in [1.82, 2.24) is 0 Å². The van der Waals surface area contributed by atoms with Crippen LogP contribution in [0.5, 0.6) is 0 Å². The zero-order chi connectivity index (χ0) is 74.6. The fourth-order valence-corrected chi connectivity index (χ4v) is 9.32. The Morgan fingerprint density at radius 2 is 0.392 bits per heavy atom. The Bertz CT molecular complexity index is 3570. The maximum Gasteiger partial charge on any atom is 0.161 e. The largest absolute Gasteiger partial charge is 0.207 e. The van der Waals surface area contributed by atoms with Crippen molar-refractivity contribution in [3.05, 3.63) is 343 Å². The zero-order valence-corrected chi connectivity index (χ0v) is 64.3. The topological polar surface area (TPSA) is 0 Å². The molecule has 10 rings (SSSR count). The van der Waals surface area contributed by atoms with Gasteiger partial charge in [0.1, 0.15) is 40.7 Å². The molecule has 0 aliphatic rings. The molecule has 0 saturated heterocycles. The highest BCUT2D eigenvalue weighted by atomic mass is 35.5. The summed E-state index contributed by atoms with van der Waals surface area (Å²) in [5.41, 5.74) is 15.3. The monoisotopic (exact) mass is 1490 g/mol. The molecule has 0 atom stereocenters. The van der Waals surface area contributed by atoms with Gasteiger partial charge in [0.2, 0.25) is 0 Å². The molecule has 10 aromatic rings. The second-order valence-electron chi connectivity index (χ2n) is 23.1. The first kappa shape index (κ1) is 88.9. The Morgan fingerprint density at radius 3 is 0.670 bits per heavy atom. The van der Waals surface area contributed by atoms with Crippen LogP contribution >= 0.6 is 92.8 Å². The molecule has 0 N–H and O–H groups in total. The van der Waals surface area contributed by atoms with Gasteiger partial charge >= 0.3 is 0 Å². The minimum absolute atomic E-state index is 0.0885. The van der Waals surface area contributed by atoms with Gasteiger partial charge in [0.25, 0.3) is 0 Å². The first-order valence-corrected chi connectivity index (χ1v) is 33.1. The molecule has 0 spiro atoms. The number of halogens is 17. The zero-order valence-electron chi connectivity index (χ0n) is 58.2. The number of hydrogen-bond donors (Lipinski definition) is 0. The van der Waals surface area contributed by atoms with E-state index in [1.807, 2.05) is 111 Å². The molecule has 0 aliphatic carbocycles. The van der Waals surface area contributed by atoms with Gasteiger partial charge < -0.3 is 0 Å². The fraction of sp³-hybridized carbons (Fsp3) is 0.250. The third-order valence-electron chi connectivity index (χ3n) is 14.1. The fourth-order valence-electron chi connectivity index (χ4n) is 7.38. The summed E-state index contributed by atoms with van der Waals surface area (Å²) in [5.74, 6) is -3.49. The summed E-state index contributed by atoms with van der Waals surface area (Å²) in [4.78, 5) is 0. The summed E-state index contributed by atoms with van der Waals surface area (Å²) < 4.78 is 114.